The summed E-state index contributed by atoms with van der Waals surface area (Å²) < 4.78 is 0. The van der Waals surface area contributed by atoms with Crippen LogP contribution in [0.25, 0.3) is 0 Å². The van der Waals surface area contributed by atoms with Crippen LogP contribution in [0, 0.1) is 0 Å². The Morgan fingerprint density at radius 2 is 1.79 bits per heavy atom. The fourth-order valence-corrected chi connectivity index (χ4v) is 0.881. The molecule has 0 aliphatic rings. The summed E-state index contributed by atoms with van der Waals surface area (Å²) in [7, 11) is 0. The SMILES string of the molecule is C=C(N)/C=C\C(N)=Nc1ccccc1. The Hall–Kier alpha value is -2.03. The quantitative estimate of drug-likeness (QED) is 0.430. The first-order valence-corrected chi connectivity index (χ1v) is 4.20. The number of nitrogens with two attached hydrogens (primary N) is 2. The van der Waals surface area contributed by atoms with Crippen LogP contribution >= 0.6 is 0 Å². The molecule has 0 atom stereocenters. The highest BCUT2D eigenvalue weighted by molar-refractivity contribution is 5.93. The first kappa shape index (κ1) is 10.1. The van der Waals surface area contributed by atoms with E-state index in [1.807, 2.05) is 30.3 Å². The van der Waals surface area contributed by atoms with E-state index < -0.39 is 0 Å². The molecule has 0 radical (unpaired) electrons. The fourth-order valence-electron chi connectivity index (χ4n) is 0.881. The standard InChI is InChI=1S/C11H13N3/c1-9(12)7-8-11(13)14-10-5-3-2-4-6-10/h2-8H,1,12H2,(H2,13,14)/b8-7-. The van der Waals surface area contributed by atoms with E-state index in [2.05, 4.69) is 11.6 Å². The second-order valence-electron chi connectivity index (χ2n) is 2.78. The normalized spacial score (nSPS) is 11.9. The highest BCUT2D eigenvalue weighted by atomic mass is 14.8. The van der Waals surface area contributed by atoms with E-state index in [9.17, 15) is 0 Å². The van der Waals surface area contributed by atoms with E-state index >= 15 is 0 Å². The lowest BCUT2D eigenvalue weighted by Crippen LogP contribution is -2.07. The Labute approximate surface area is 83.5 Å². The second-order valence-corrected chi connectivity index (χ2v) is 2.78. The van der Waals surface area contributed by atoms with Gasteiger partial charge in [0, 0.05) is 5.70 Å². The number of hydrogen-bond donors (Lipinski definition) is 2. The summed E-state index contributed by atoms with van der Waals surface area (Å²) in [6, 6.07) is 9.47. The van der Waals surface area contributed by atoms with Gasteiger partial charge in [0.2, 0.25) is 0 Å². The molecule has 0 amide bonds. The average Bonchev–Trinajstić information content (AvgIpc) is 2.16. The van der Waals surface area contributed by atoms with Crippen LogP contribution in [0.2, 0.25) is 0 Å². The predicted octanol–water partition coefficient (Wildman–Crippen LogP) is 1.70. The van der Waals surface area contributed by atoms with E-state index in [4.69, 9.17) is 11.5 Å². The summed E-state index contributed by atoms with van der Waals surface area (Å²) >= 11 is 0. The maximum Gasteiger partial charge on any atom is 0.124 e. The van der Waals surface area contributed by atoms with E-state index in [0.717, 1.165) is 5.69 Å². The Morgan fingerprint density at radius 3 is 2.36 bits per heavy atom. The molecule has 3 nitrogen and oxygen atoms in total. The van der Waals surface area contributed by atoms with Gasteiger partial charge in [0.15, 0.2) is 0 Å². The summed E-state index contributed by atoms with van der Waals surface area (Å²) in [5.41, 5.74) is 12.2. The van der Waals surface area contributed by atoms with E-state index in [1.54, 1.807) is 12.2 Å². The molecule has 1 aromatic rings. The maximum absolute atomic E-state index is 5.62. The van der Waals surface area contributed by atoms with Crippen molar-refractivity contribution in [2.75, 3.05) is 0 Å². The van der Waals surface area contributed by atoms with Crippen molar-refractivity contribution in [2.45, 2.75) is 0 Å². The third-order valence-corrected chi connectivity index (χ3v) is 1.48. The van der Waals surface area contributed by atoms with Crippen molar-refractivity contribution in [1.82, 2.24) is 0 Å². The molecule has 1 rings (SSSR count). The largest absolute Gasteiger partial charge is 0.399 e. The summed E-state index contributed by atoms with van der Waals surface area (Å²) in [6.45, 7) is 3.51. The zero-order valence-corrected chi connectivity index (χ0v) is 7.85. The number of nitrogens with zero attached hydrogens (tertiary/aromatic N) is 1. The van der Waals surface area contributed by atoms with Crippen molar-refractivity contribution in [3.8, 4) is 0 Å². The maximum atomic E-state index is 5.62. The van der Waals surface area contributed by atoms with Crippen LogP contribution < -0.4 is 11.5 Å². The van der Waals surface area contributed by atoms with Crippen LogP contribution in [0.15, 0.2) is 59.8 Å². The van der Waals surface area contributed by atoms with Gasteiger partial charge in [-0.1, -0.05) is 24.8 Å². The van der Waals surface area contributed by atoms with E-state index in [-0.39, 0.29) is 0 Å². The predicted molar refractivity (Wildman–Crippen MR) is 60.2 cm³/mol. The first-order valence-electron chi connectivity index (χ1n) is 4.20. The number of rotatable bonds is 3. The van der Waals surface area contributed by atoms with Crippen LogP contribution in [0.5, 0.6) is 0 Å². The lowest BCUT2D eigenvalue weighted by atomic mass is 10.3. The van der Waals surface area contributed by atoms with Crippen molar-refractivity contribution < 1.29 is 0 Å². The molecule has 0 aromatic heterocycles. The molecule has 72 valence electrons. The van der Waals surface area contributed by atoms with Gasteiger partial charge in [-0.2, -0.15) is 0 Å². The van der Waals surface area contributed by atoms with Gasteiger partial charge in [-0.05, 0) is 24.3 Å². The lowest BCUT2D eigenvalue weighted by molar-refractivity contribution is 1.44. The molecule has 0 spiro atoms. The number of para-hydroxylation sites is 1. The monoisotopic (exact) mass is 187 g/mol. The van der Waals surface area contributed by atoms with Gasteiger partial charge in [0.1, 0.15) is 5.84 Å². The minimum Gasteiger partial charge on any atom is -0.399 e. The van der Waals surface area contributed by atoms with Crippen LogP contribution in [0.3, 0.4) is 0 Å². The average molecular weight is 187 g/mol. The third-order valence-electron chi connectivity index (χ3n) is 1.48. The van der Waals surface area contributed by atoms with Crippen molar-refractivity contribution in [3.05, 3.63) is 54.8 Å². The van der Waals surface area contributed by atoms with Crippen molar-refractivity contribution in [2.24, 2.45) is 16.5 Å². The topological polar surface area (TPSA) is 64.4 Å². The summed E-state index contributed by atoms with van der Waals surface area (Å²) in [6.07, 6.45) is 3.23. The van der Waals surface area contributed by atoms with Crippen LogP contribution in [-0.2, 0) is 0 Å². The molecule has 0 saturated carbocycles. The number of benzene rings is 1. The molecule has 0 bridgehead atoms. The molecule has 3 heteroatoms. The highest BCUT2D eigenvalue weighted by Crippen LogP contribution is 2.09. The number of aliphatic imine (C=N–C) groups is 1. The van der Waals surface area contributed by atoms with Gasteiger partial charge in [0.25, 0.3) is 0 Å². The van der Waals surface area contributed by atoms with Crippen LogP contribution in [0.1, 0.15) is 0 Å². The van der Waals surface area contributed by atoms with Gasteiger partial charge in [-0.15, -0.1) is 0 Å². The molecular weight excluding hydrogens is 174 g/mol. The summed E-state index contributed by atoms with van der Waals surface area (Å²) in [5.74, 6) is 0.405. The minimum atomic E-state index is 0.405. The van der Waals surface area contributed by atoms with Crippen molar-refractivity contribution >= 4 is 11.5 Å². The molecule has 0 aliphatic carbocycles. The number of allylic oxidation sites excluding steroid dienone is 1. The van der Waals surface area contributed by atoms with Gasteiger partial charge in [0.05, 0.1) is 5.69 Å². The van der Waals surface area contributed by atoms with E-state index in [1.165, 1.54) is 0 Å². The van der Waals surface area contributed by atoms with Crippen molar-refractivity contribution in [3.63, 3.8) is 0 Å². The first-order chi connectivity index (χ1) is 6.68. The van der Waals surface area contributed by atoms with Gasteiger partial charge < -0.3 is 11.5 Å². The molecule has 0 saturated heterocycles. The highest BCUT2D eigenvalue weighted by Gasteiger charge is 1.87. The number of hydrogen-bond acceptors (Lipinski definition) is 2. The Bertz CT molecular complexity index is 363. The summed E-state index contributed by atoms with van der Waals surface area (Å²) in [5, 5.41) is 0. The molecule has 0 fully saturated rings. The fraction of sp³-hybridized carbons (Fsp3) is 0. The minimum absolute atomic E-state index is 0.405. The van der Waals surface area contributed by atoms with E-state index in [0.29, 0.717) is 11.5 Å². The molecule has 0 unspecified atom stereocenters. The zero-order valence-electron chi connectivity index (χ0n) is 7.85. The molecule has 0 aliphatic heterocycles. The zero-order chi connectivity index (χ0) is 10.4. The molecule has 1 aromatic carbocycles. The Morgan fingerprint density at radius 1 is 1.14 bits per heavy atom. The lowest BCUT2D eigenvalue weighted by Gasteiger charge is -1.94. The molecule has 14 heavy (non-hydrogen) atoms. The van der Waals surface area contributed by atoms with Crippen LogP contribution in [-0.4, -0.2) is 5.84 Å². The second kappa shape index (κ2) is 4.87. The Balaban J connectivity index is 2.74. The van der Waals surface area contributed by atoms with Crippen molar-refractivity contribution in [1.29, 1.82) is 0 Å². The smallest absolute Gasteiger partial charge is 0.124 e. The molecule has 0 heterocycles. The van der Waals surface area contributed by atoms with Gasteiger partial charge in [-0.3, -0.25) is 0 Å². The summed E-state index contributed by atoms with van der Waals surface area (Å²) in [4.78, 5) is 4.14. The molecule has 4 N–H and O–H groups in total. The molecular formula is C11H13N3. The third kappa shape index (κ3) is 3.58. The van der Waals surface area contributed by atoms with Gasteiger partial charge in [-0.25, -0.2) is 4.99 Å². The van der Waals surface area contributed by atoms with Gasteiger partial charge >= 0.3 is 0 Å². The Kier molecular flexibility index (Phi) is 3.49. The van der Waals surface area contributed by atoms with Crippen LogP contribution in [0.4, 0.5) is 5.69 Å². The number of amidine groups is 1.